The van der Waals surface area contributed by atoms with Crippen molar-refractivity contribution < 1.29 is 4.79 Å². The minimum Gasteiger partial charge on any atom is -0.366 e. The fourth-order valence-electron chi connectivity index (χ4n) is 2.22. The van der Waals surface area contributed by atoms with Crippen LogP contribution < -0.4 is 16.4 Å². The molecule has 1 unspecified atom stereocenters. The van der Waals surface area contributed by atoms with E-state index in [0.717, 1.165) is 25.5 Å². The number of anilines is 1. The summed E-state index contributed by atoms with van der Waals surface area (Å²) in [6.45, 7) is 3.39. The Bertz CT molecular complexity index is 419. The molecule has 6 heteroatoms. The molecule has 1 aliphatic heterocycles. The Kier molecular flexibility index (Phi) is 3.78. The van der Waals surface area contributed by atoms with Gasteiger partial charge in [0.15, 0.2) is 0 Å². The first-order valence-electron chi connectivity index (χ1n) is 6.03. The molecule has 1 aromatic rings. The summed E-state index contributed by atoms with van der Waals surface area (Å²) in [6.07, 6.45) is 1.52. The number of piperazine rings is 1. The minimum atomic E-state index is -0.456. The number of amides is 1. The number of rotatable bonds is 3. The van der Waals surface area contributed by atoms with Crippen molar-refractivity contribution >= 4 is 11.7 Å². The fourth-order valence-corrected chi connectivity index (χ4v) is 2.22. The highest BCUT2D eigenvalue weighted by Gasteiger charge is 2.24. The van der Waals surface area contributed by atoms with E-state index in [1.165, 1.54) is 6.20 Å². The molecule has 0 saturated carbocycles. The lowest BCUT2D eigenvalue weighted by Crippen LogP contribution is -2.55. The van der Waals surface area contributed by atoms with Gasteiger partial charge in [-0.15, -0.1) is 0 Å². The summed E-state index contributed by atoms with van der Waals surface area (Å²) in [6, 6.07) is 3.79. The lowest BCUT2D eigenvalue weighted by molar-refractivity contribution is 0.1000. The van der Waals surface area contributed by atoms with Crippen LogP contribution in [0.3, 0.4) is 0 Å². The first kappa shape index (κ1) is 12.8. The van der Waals surface area contributed by atoms with Crippen molar-refractivity contribution in [3.63, 3.8) is 0 Å². The Hall–Kier alpha value is -1.66. The molecule has 0 bridgehead atoms. The molecule has 1 saturated heterocycles. The van der Waals surface area contributed by atoms with Crippen molar-refractivity contribution in [3.05, 3.63) is 23.9 Å². The van der Waals surface area contributed by atoms with E-state index in [2.05, 4.69) is 21.8 Å². The van der Waals surface area contributed by atoms with Crippen molar-refractivity contribution in [2.45, 2.75) is 6.04 Å². The second kappa shape index (κ2) is 5.32. The average molecular weight is 249 g/mol. The Morgan fingerprint density at radius 2 is 2.28 bits per heavy atom. The van der Waals surface area contributed by atoms with Crippen LogP contribution >= 0.6 is 0 Å². The summed E-state index contributed by atoms with van der Waals surface area (Å²) >= 11 is 0. The number of nitrogens with zero attached hydrogens (tertiary/aromatic N) is 3. The van der Waals surface area contributed by atoms with Gasteiger partial charge in [-0.1, -0.05) is 0 Å². The molecule has 0 spiro atoms. The van der Waals surface area contributed by atoms with Crippen LogP contribution in [0, 0.1) is 0 Å². The van der Waals surface area contributed by atoms with Gasteiger partial charge in [-0.05, 0) is 19.2 Å². The van der Waals surface area contributed by atoms with E-state index in [1.54, 1.807) is 6.07 Å². The summed E-state index contributed by atoms with van der Waals surface area (Å²) < 4.78 is 0. The molecule has 4 N–H and O–H groups in total. The lowest BCUT2D eigenvalue weighted by Gasteiger charge is -2.40. The monoisotopic (exact) mass is 249 g/mol. The Labute approximate surface area is 107 Å². The summed E-state index contributed by atoms with van der Waals surface area (Å²) in [7, 11) is 2.09. The molecule has 2 rings (SSSR count). The van der Waals surface area contributed by atoms with Crippen LogP contribution in [0.15, 0.2) is 18.3 Å². The normalized spacial score (nSPS) is 21.0. The van der Waals surface area contributed by atoms with E-state index < -0.39 is 5.91 Å². The number of primary amides is 1. The van der Waals surface area contributed by atoms with Gasteiger partial charge in [0.25, 0.3) is 0 Å². The molecule has 1 aliphatic rings. The topological polar surface area (TPSA) is 88.5 Å². The number of hydrogen-bond donors (Lipinski definition) is 2. The van der Waals surface area contributed by atoms with Gasteiger partial charge in [0.2, 0.25) is 5.91 Å². The second-order valence-corrected chi connectivity index (χ2v) is 4.61. The number of carbonyl (C=O) groups excluding carboxylic acids is 1. The highest BCUT2D eigenvalue weighted by Crippen LogP contribution is 2.17. The summed E-state index contributed by atoms with van der Waals surface area (Å²) in [5.41, 5.74) is 11.4. The number of aromatic nitrogens is 1. The zero-order valence-corrected chi connectivity index (χ0v) is 10.5. The maximum atomic E-state index is 11.0. The number of carbonyl (C=O) groups is 1. The minimum absolute atomic E-state index is 0.260. The smallest absolute Gasteiger partial charge is 0.250 e. The molecule has 2 heterocycles. The van der Waals surface area contributed by atoms with Crippen molar-refractivity contribution in [1.82, 2.24) is 9.88 Å². The molecule has 1 atom stereocenters. The molecule has 0 aromatic carbocycles. The number of likely N-dealkylation sites (N-methyl/N-ethyl adjacent to an activating group) is 1. The Balaban J connectivity index is 2.17. The van der Waals surface area contributed by atoms with Gasteiger partial charge >= 0.3 is 0 Å². The SMILES string of the molecule is CN1CCN(c2ccc(C(N)=O)cn2)C(CN)C1. The predicted molar refractivity (Wildman–Crippen MR) is 70.4 cm³/mol. The first-order chi connectivity index (χ1) is 8.61. The molecule has 18 heavy (non-hydrogen) atoms. The molecular weight excluding hydrogens is 230 g/mol. The molecule has 1 aromatic heterocycles. The van der Waals surface area contributed by atoms with E-state index in [9.17, 15) is 4.79 Å². The lowest BCUT2D eigenvalue weighted by atomic mass is 10.1. The van der Waals surface area contributed by atoms with Crippen molar-refractivity contribution in [3.8, 4) is 0 Å². The molecule has 0 radical (unpaired) electrons. The second-order valence-electron chi connectivity index (χ2n) is 4.61. The van der Waals surface area contributed by atoms with Crippen LogP contribution in [-0.2, 0) is 0 Å². The van der Waals surface area contributed by atoms with Gasteiger partial charge in [-0.2, -0.15) is 0 Å². The number of hydrogen-bond acceptors (Lipinski definition) is 5. The largest absolute Gasteiger partial charge is 0.366 e. The Morgan fingerprint density at radius 3 is 2.83 bits per heavy atom. The fraction of sp³-hybridized carbons (Fsp3) is 0.500. The summed E-state index contributed by atoms with van der Waals surface area (Å²) in [4.78, 5) is 19.7. The predicted octanol–water partition coefficient (Wildman–Crippen LogP) is -0.740. The standard InChI is InChI=1S/C12H19N5O/c1-16-4-5-17(10(6-13)8-16)11-3-2-9(7-15-11)12(14)18/h2-3,7,10H,4-6,8,13H2,1H3,(H2,14,18). The molecule has 0 aliphatic carbocycles. The number of nitrogens with two attached hydrogens (primary N) is 2. The average Bonchev–Trinajstić information content (AvgIpc) is 2.38. The van der Waals surface area contributed by atoms with Gasteiger partial charge in [0.05, 0.1) is 11.6 Å². The van der Waals surface area contributed by atoms with Gasteiger partial charge in [-0.3, -0.25) is 4.79 Å². The molecule has 98 valence electrons. The molecular formula is C12H19N5O. The molecule has 1 fully saturated rings. The van der Waals surface area contributed by atoms with Crippen LogP contribution in [-0.4, -0.2) is 55.1 Å². The molecule has 6 nitrogen and oxygen atoms in total. The van der Waals surface area contributed by atoms with Crippen LogP contribution in [0.1, 0.15) is 10.4 Å². The highest BCUT2D eigenvalue weighted by atomic mass is 16.1. The van der Waals surface area contributed by atoms with E-state index >= 15 is 0 Å². The van der Waals surface area contributed by atoms with Crippen LogP contribution in [0.4, 0.5) is 5.82 Å². The maximum absolute atomic E-state index is 11.0. The highest BCUT2D eigenvalue weighted by molar-refractivity contribution is 5.92. The molecule has 1 amide bonds. The van der Waals surface area contributed by atoms with Gasteiger partial charge < -0.3 is 21.3 Å². The van der Waals surface area contributed by atoms with Gasteiger partial charge in [0, 0.05) is 32.4 Å². The zero-order valence-electron chi connectivity index (χ0n) is 10.5. The van der Waals surface area contributed by atoms with Crippen LogP contribution in [0.5, 0.6) is 0 Å². The van der Waals surface area contributed by atoms with Crippen LogP contribution in [0.2, 0.25) is 0 Å². The third-order valence-corrected chi connectivity index (χ3v) is 3.28. The van der Waals surface area contributed by atoms with E-state index in [1.807, 2.05) is 6.07 Å². The first-order valence-corrected chi connectivity index (χ1v) is 6.03. The summed E-state index contributed by atoms with van der Waals surface area (Å²) in [5, 5.41) is 0. The van der Waals surface area contributed by atoms with Crippen molar-refractivity contribution in [2.75, 3.05) is 38.1 Å². The third-order valence-electron chi connectivity index (χ3n) is 3.28. The van der Waals surface area contributed by atoms with Crippen molar-refractivity contribution in [1.29, 1.82) is 0 Å². The van der Waals surface area contributed by atoms with Gasteiger partial charge in [0.1, 0.15) is 5.82 Å². The summed E-state index contributed by atoms with van der Waals surface area (Å²) in [5.74, 6) is 0.395. The van der Waals surface area contributed by atoms with Crippen molar-refractivity contribution in [2.24, 2.45) is 11.5 Å². The maximum Gasteiger partial charge on any atom is 0.250 e. The van der Waals surface area contributed by atoms with Crippen LogP contribution in [0.25, 0.3) is 0 Å². The quantitative estimate of drug-likeness (QED) is 0.736. The van der Waals surface area contributed by atoms with E-state index in [4.69, 9.17) is 11.5 Å². The third kappa shape index (κ3) is 2.60. The number of pyridine rings is 1. The van der Waals surface area contributed by atoms with Gasteiger partial charge in [-0.25, -0.2) is 4.98 Å². The Morgan fingerprint density at radius 1 is 1.50 bits per heavy atom. The van der Waals surface area contributed by atoms with E-state index in [-0.39, 0.29) is 6.04 Å². The van der Waals surface area contributed by atoms with E-state index in [0.29, 0.717) is 12.1 Å². The zero-order chi connectivity index (χ0) is 13.1.